The van der Waals surface area contributed by atoms with Crippen LogP contribution in [-0.4, -0.2) is 33.8 Å². The van der Waals surface area contributed by atoms with Gasteiger partial charge in [0.2, 0.25) is 0 Å². The van der Waals surface area contributed by atoms with Crippen molar-refractivity contribution >= 4 is 35.1 Å². The van der Waals surface area contributed by atoms with E-state index in [1.165, 1.54) is 12.3 Å². The Kier molecular flexibility index (Phi) is 6.27. The number of urea groups is 1. The molecule has 4 nitrogen and oxygen atoms in total. The molecular weight excluding hydrogens is 385 g/mol. The number of benzene rings is 1. The summed E-state index contributed by atoms with van der Waals surface area (Å²) in [6.07, 6.45) is 4.93. The molecule has 1 aliphatic heterocycles. The first-order chi connectivity index (χ1) is 12.8. The van der Waals surface area contributed by atoms with Gasteiger partial charge in [-0.2, -0.15) is 0 Å². The number of halogens is 2. The molecule has 1 aromatic carbocycles. The first kappa shape index (κ1) is 20.0. The molecule has 0 atom stereocenters. The third-order valence-electron chi connectivity index (χ3n) is 4.96. The van der Waals surface area contributed by atoms with Gasteiger partial charge in [0.25, 0.3) is 0 Å². The maximum atomic E-state index is 13.5. The number of aromatic nitrogens is 1. The molecule has 1 aromatic heterocycles. The van der Waals surface area contributed by atoms with Crippen molar-refractivity contribution in [2.75, 3.05) is 18.4 Å². The fourth-order valence-corrected chi connectivity index (χ4v) is 4.86. The zero-order valence-electron chi connectivity index (χ0n) is 15.4. The molecule has 1 saturated heterocycles. The molecule has 0 aliphatic carbocycles. The number of carbonyl (C=O) groups excluding carboxylic acids is 1. The van der Waals surface area contributed by atoms with Crippen molar-refractivity contribution in [3.8, 4) is 0 Å². The number of thioether (sulfide) groups is 1. The lowest BCUT2D eigenvalue weighted by atomic mass is 9.86. The van der Waals surface area contributed by atoms with E-state index in [0.29, 0.717) is 29.7 Å². The van der Waals surface area contributed by atoms with Gasteiger partial charge in [-0.05, 0) is 43.0 Å². The topological polar surface area (TPSA) is 45.2 Å². The number of rotatable bonds is 4. The van der Waals surface area contributed by atoms with Gasteiger partial charge in [0, 0.05) is 35.1 Å². The number of anilines is 1. The molecule has 1 aliphatic rings. The van der Waals surface area contributed by atoms with Crippen LogP contribution in [0.1, 0.15) is 26.7 Å². The molecule has 2 amide bonds. The quantitative estimate of drug-likeness (QED) is 0.662. The summed E-state index contributed by atoms with van der Waals surface area (Å²) in [6, 6.07) is 8.27. The van der Waals surface area contributed by atoms with Gasteiger partial charge in [-0.3, -0.25) is 4.98 Å². The number of pyridine rings is 1. The highest BCUT2D eigenvalue weighted by Crippen LogP contribution is 2.42. The Morgan fingerprint density at radius 3 is 2.74 bits per heavy atom. The predicted molar refractivity (Wildman–Crippen MR) is 109 cm³/mol. The SMILES string of the molecule is CC(C)(Sc1cccc(F)c1)C1CCN(C(=O)Nc2ccncc2Cl)CC1. The molecule has 1 N–H and O–H groups in total. The van der Waals surface area contributed by atoms with Crippen molar-refractivity contribution in [2.45, 2.75) is 36.3 Å². The van der Waals surface area contributed by atoms with Gasteiger partial charge in [0.1, 0.15) is 5.82 Å². The second kappa shape index (κ2) is 8.48. The molecule has 0 saturated carbocycles. The van der Waals surface area contributed by atoms with E-state index >= 15 is 0 Å². The normalized spacial score (nSPS) is 15.6. The molecule has 2 aromatic rings. The highest BCUT2D eigenvalue weighted by molar-refractivity contribution is 8.00. The molecule has 7 heteroatoms. The van der Waals surface area contributed by atoms with Crippen molar-refractivity contribution in [1.82, 2.24) is 9.88 Å². The summed E-state index contributed by atoms with van der Waals surface area (Å²) >= 11 is 7.75. The number of hydrogen-bond donors (Lipinski definition) is 1. The Labute approximate surface area is 168 Å². The molecule has 2 heterocycles. The Morgan fingerprint density at radius 2 is 2.07 bits per heavy atom. The van der Waals surface area contributed by atoms with E-state index in [2.05, 4.69) is 24.1 Å². The number of amides is 2. The predicted octanol–water partition coefficient (Wildman–Crippen LogP) is 5.69. The minimum atomic E-state index is -0.211. The van der Waals surface area contributed by atoms with Crippen molar-refractivity contribution in [3.05, 3.63) is 53.6 Å². The van der Waals surface area contributed by atoms with E-state index in [4.69, 9.17) is 11.6 Å². The van der Waals surface area contributed by atoms with Crippen molar-refractivity contribution in [2.24, 2.45) is 5.92 Å². The van der Waals surface area contributed by atoms with E-state index in [0.717, 1.165) is 17.7 Å². The van der Waals surface area contributed by atoms with Gasteiger partial charge in [-0.25, -0.2) is 9.18 Å². The molecule has 0 spiro atoms. The average Bonchev–Trinajstić information content (AvgIpc) is 2.63. The largest absolute Gasteiger partial charge is 0.325 e. The average molecular weight is 408 g/mol. The Hall–Kier alpha value is -1.79. The van der Waals surface area contributed by atoms with E-state index in [9.17, 15) is 9.18 Å². The van der Waals surface area contributed by atoms with Gasteiger partial charge < -0.3 is 10.2 Å². The van der Waals surface area contributed by atoms with Crippen molar-refractivity contribution in [1.29, 1.82) is 0 Å². The van der Waals surface area contributed by atoms with E-state index < -0.39 is 0 Å². The lowest BCUT2D eigenvalue weighted by molar-refractivity contribution is 0.173. The van der Waals surface area contributed by atoms with Crippen LogP contribution in [-0.2, 0) is 0 Å². The zero-order valence-corrected chi connectivity index (χ0v) is 17.0. The molecule has 144 valence electrons. The van der Waals surface area contributed by atoms with Crippen LogP contribution < -0.4 is 5.32 Å². The molecule has 0 radical (unpaired) electrons. The van der Waals surface area contributed by atoms with E-state index in [1.54, 1.807) is 36.2 Å². The molecule has 1 fully saturated rings. The zero-order chi connectivity index (χ0) is 19.4. The van der Waals surface area contributed by atoms with Crippen LogP contribution in [0.5, 0.6) is 0 Å². The van der Waals surface area contributed by atoms with Crippen LogP contribution in [0.4, 0.5) is 14.9 Å². The van der Waals surface area contributed by atoms with Gasteiger partial charge >= 0.3 is 6.03 Å². The summed E-state index contributed by atoms with van der Waals surface area (Å²) < 4.78 is 13.4. The summed E-state index contributed by atoms with van der Waals surface area (Å²) in [7, 11) is 0. The van der Waals surface area contributed by atoms with Crippen LogP contribution in [0.25, 0.3) is 0 Å². The summed E-state index contributed by atoms with van der Waals surface area (Å²) in [6.45, 7) is 5.76. The standard InChI is InChI=1S/C20H23ClFN3OS/c1-20(2,27-16-5-3-4-15(22)12-16)14-7-10-25(11-8-14)19(26)24-18-6-9-23-13-17(18)21/h3-6,9,12-14H,7-8,10-11H2,1-2H3,(H,23,24,26). The number of piperidine rings is 1. The first-order valence-corrected chi connectivity index (χ1v) is 10.1. The molecule has 27 heavy (non-hydrogen) atoms. The summed E-state index contributed by atoms with van der Waals surface area (Å²) in [5.41, 5.74) is 0.570. The Morgan fingerprint density at radius 1 is 1.33 bits per heavy atom. The number of carbonyl (C=O) groups is 1. The van der Waals surface area contributed by atoms with Crippen LogP contribution in [0, 0.1) is 11.7 Å². The van der Waals surface area contributed by atoms with Gasteiger partial charge in [0.05, 0.1) is 10.7 Å². The van der Waals surface area contributed by atoms with E-state index in [1.807, 2.05) is 11.0 Å². The number of hydrogen-bond acceptors (Lipinski definition) is 3. The lowest BCUT2D eigenvalue weighted by Gasteiger charge is -2.40. The van der Waals surface area contributed by atoms with Crippen molar-refractivity contribution < 1.29 is 9.18 Å². The number of nitrogens with one attached hydrogen (secondary N) is 1. The lowest BCUT2D eigenvalue weighted by Crippen LogP contribution is -2.44. The summed E-state index contributed by atoms with van der Waals surface area (Å²) in [4.78, 5) is 19.2. The van der Waals surface area contributed by atoms with Crippen LogP contribution in [0.15, 0.2) is 47.6 Å². The Balaban J connectivity index is 1.56. The van der Waals surface area contributed by atoms with Crippen molar-refractivity contribution in [3.63, 3.8) is 0 Å². The van der Waals surface area contributed by atoms with Gasteiger partial charge in [0.15, 0.2) is 0 Å². The highest BCUT2D eigenvalue weighted by atomic mass is 35.5. The monoisotopic (exact) mass is 407 g/mol. The summed E-state index contributed by atoms with van der Waals surface area (Å²) in [5, 5.41) is 3.27. The maximum Gasteiger partial charge on any atom is 0.321 e. The fourth-order valence-electron chi connectivity index (χ4n) is 3.37. The molecule has 0 bridgehead atoms. The Bertz CT molecular complexity index is 809. The first-order valence-electron chi connectivity index (χ1n) is 8.95. The second-order valence-corrected chi connectivity index (χ2v) is 9.34. The fraction of sp³-hybridized carbons (Fsp3) is 0.400. The maximum absolute atomic E-state index is 13.5. The highest BCUT2D eigenvalue weighted by Gasteiger charge is 2.34. The van der Waals surface area contributed by atoms with E-state index in [-0.39, 0.29) is 16.6 Å². The smallest absolute Gasteiger partial charge is 0.321 e. The minimum Gasteiger partial charge on any atom is -0.325 e. The molecular formula is C20H23ClFN3OS. The molecule has 0 unspecified atom stereocenters. The number of nitrogens with zero attached hydrogens (tertiary/aromatic N) is 2. The summed E-state index contributed by atoms with van der Waals surface area (Å²) in [5.74, 6) is 0.233. The van der Waals surface area contributed by atoms with Gasteiger partial charge in [-0.15, -0.1) is 11.8 Å². The van der Waals surface area contributed by atoms with Crippen LogP contribution in [0.2, 0.25) is 5.02 Å². The second-order valence-electron chi connectivity index (χ2n) is 7.21. The van der Waals surface area contributed by atoms with Crippen LogP contribution >= 0.6 is 23.4 Å². The third-order valence-corrected chi connectivity index (χ3v) is 6.61. The molecule has 3 rings (SSSR count). The van der Waals surface area contributed by atoms with Gasteiger partial charge in [-0.1, -0.05) is 31.5 Å². The van der Waals surface area contributed by atoms with Crippen LogP contribution in [0.3, 0.4) is 0 Å². The minimum absolute atomic E-state index is 0.0369. The number of likely N-dealkylation sites (tertiary alicyclic amines) is 1. The third kappa shape index (κ3) is 5.14.